The van der Waals surface area contributed by atoms with Gasteiger partial charge in [-0.2, -0.15) is 0 Å². The predicted octanol–water partition coefficient (Wildman–Crippen LogP) is 5.70. The van der Waals surface area contributed by atoms with Crippen LogP contribution in [0.15, 0.2) is 48.5 Å². The van der Waals surface area contributed by atoms with Crippen LogP contribution in [0.25, 0.3) is 11.1 Å². The van der Waals surface area contributed by atoms with Crippen molar-refractivity contribution in [3.63, 3.8) is 0 Å². The van der Waals surface area contributed by atoms with Gasteiger partial charge in [0.1, 0.15) is 5.69 Å². The van der Waals surface area contributed by atoms with Crippen molar-refractivity contribution in [2.45, 2.75) is 53.5 Å². The summed E-state index contributed by atoms with van der Waals surface area (Å²) >= 11 is 0. The zero-order chi connectivity index (χ0) is 23.5. The molecule has 0 aliphatic carbocycles. The van der Waals surface area contributed by atoms with Crippen LogP contribution >= 0.6 is 0 Å². The van der Waals surface area contributed by atoms with Crippen molar-refractivity contribution in [3.05, 3.63) is 82.2 Å². The Hall–Kier alpha value is -3.34. The molecule has 0 unspecified atom stereocenters. The first-order valence-electron chi connectivity index (χ1n) is 11.0. The number of hydrogen-bond donors (Lipinski definition) is 2. The number of nitrogens with one attached hydrogen (secondary N) is 2. The Morgan fingerprint density at radius 2 is 1.59 bits per heavy atom. The summed E-state index contributed by atoms with van der Waals surface area (Å²) in [6.07, 6.45) is 0. The van der Waals surface area contributed by atoms with Gasteiger partial charge in [0.2, 0.25) is 0 Å². The molecular formula is C27H32N2O3. The van der Waals surface area contributed by atoms with Crippen LogP contribution in [0.2, 0.25) is 0 Å². The monoisotopic (exact) mass is 432 g/mol. The Kier molecular flexibility index (Phi) is 6.87. The van der Waals surface area contributed by atoms with Gasteiger partial charge in [-0.3, -0.25) is 4.79 Å². The fourth-order valence-corrected chi connectivity index (χ4v) is 3.79. The van der Waals surface area contributed by atoms with Crippen molar-refractivity contribution < 1.29 is 14.3 Å². The van der Waals surface area contributed by atoms with Gasteiger partial charge in [0, 0.05) is 23.4 Å². The van der Waals surface area contributed by atoms with Gasteiger partial charge in [-0.05, 0) is 60.6 Å². The number of amides is 1. The predicted molar refractivity (Wildman–Crippen MR) is 128 cm³/mol. The molecule has 3 rings (SSSR count). The van der Waals surface area contributed by atoms with Crippen molar-refractivity contribution in [1.82, 2.24) is 10.3 Å². The number of ether oxygens (including phenoxy) is 1. The largest absolute Gasteiger partial charge is 0.461 e. The average molecular weight is 433 g/mol. The highest BCUT2D eigenvalue weighted by atomic mass is 16.5. The second-order valence-corrected chi connectivity index (χ2v) is 9.05. The zero-order valence-corrected chi connectivity index (χ0v) is 19.8. The van der Waals surface area contributed by atoms with Crippen molar-refractivity contribution in [2.24, 2.45) is 0 Å². The molecule has 0 spiro atoms. The van der Waals surface area contributed by atoms with E-state index in [4.69, 9.17) is 4.74 Å². The minimum absolute atomic E-state index is 0.108. The van der Waals surface area contributed by atoms with Gasteiger partial charge >= 0.3 is 5.97 Å². The van der Waals surface area contributed by atoms with Crippen LogP contribution in [-0.2, 0) is 16.7 Å². The normalized spacial score (nSPS) is 11.3. The van der Waals surface area contributed by atoms with Crippen LogP contribution in [0.4, 0.5) is 0 Å². The van der Waals surface area contributed by atoms with E-state index in [0.29, 0.717) is 24.4 Å². The molecule has 1 amide bonds. The standard InChI is InChI=1S/C27H32N2O3/c1-7-32-26(31)24-17(2)23(18(3)29-24)20-10-12-21(13-11-20)25(30)28-16-19-8-14-22(15-9-19)27(4,5)6/h8-15,29H,7,16H2,1-6H3,(H,28,30). The number of carbonyl (C=O) groups excluding carboxylic acids is 2. The number of H-pyrrole nitrogens is 1. The maximum Gasteiger partial charge on any atom is 0.355 e. The molecule has 0 saturated carbocycles. The minimum atomic E-state index is -0.356. The molecule has 168 valence electrons. The van der Waals surface area contributed by atoms with E-state index >= 15 is 0 Å². The van der Waals surface area contributed by atoms with E-state index in [-0.39, 0.29) is 17.3 Å². The van der Waals surface area contributed by atoms with Crippen molar-refractivity contribution in [3.8, 4) is 11.1 Å². The molecule has 0 aliphatic rings. The Morgan fingerprint density at radius 1 is 0.969 bits per heavy atom. The zero-order valence-electron chi connectivity index (χ0n) is 19.8. The number of hydrogen-bond acceptors (Lipinski definition) is 3. The third-order valence-electron chi connectivity index (χ3n) is 5.63. The third-order valence-corrected chi connectivity index (χ3v) is 5.63. The molecule has 1 aromatic heterocycles. The minimum Gasteiger partial charge on any atom is -0.461 e. The molecule has 0 saturated heterocycles. The molecule has 1 heterocycles. The molecule has 0 radical (unpaired) electrons. The maximum absolute atomic E-state index is 12.6. The van der Waals surface area contributed by atoms with Crippen molar-refractivity contribution in [1.29, 1.82) is 0 Å². The van der Waals surface area contributed by atoms with Crippen LogP contribution in [0.5, 0.6) is 0 Å². The highest BCUT2D eigenvalue weighted by molar-refractivity contribution is 5.95. The molecule has 0 fully saturated rings. The number of aromatic amines is 1. The van der Waals surface area contributed by atoms with Gasteiger partial charge < -0.3 is 15.0 Å². The van der Waals surface area contributed by atoms with Gasteiger partial charge in [-0.15, -0.1) is 0 Å². The first kappa shape index (κ1) is 23.3. The van der Waals surface area contributed by atoms with Crippen molar-refractivity contribution >= 4 is 11.9 Å². The van der Waals surface area contributed by atoms with E-state index in [1.54, 1.807) is 6.92 Å². The summed E-state index contributed by atoms with van der Waals surface area (Å²) in [5.41, 5.74) is 7.14. The molecule has 0 aliphatic heterocycles. The molecule has 0 atom stereocenters. The van der Waals surface area contributed by atoms with Crippen molar-refractivity contribution in [2.75, 3.05) is 6.61 Å². The summed E-state index contributed by atoms with van der Waals surface area (Å²) in [5, 5.41) is 2.98. The summed E-state index contributed by atoms with van der Waals surface area (Å²) in [7, 11) is 0. The van der Waals surface area contributed by atoms with Gasteiger partial charge in [0.05, 0.1) is 6.61 Å². The molecular weight excluding hydrogens is 400 g/mol. The number of benzene rings is 2. The average Bonchev–Trinajstić information content (AvgIpc) is 3.06. The Balaban J connectivity index is 1.69. The van der Waals surface area contributed by atoms with Gasteiger partial charge in [0.25, 0.3) is 5.91 Å². The highest BCUT2D eigenvalue weighted by Crippen LogP contribution is 2.30. The Labute approximate surface area is 190 Å². The molecule has 2 N–H and O–H groups in total. The van der Waals surface area contributed by atoms with Gasteiger partial charge in [-0.25, -0.2) is 4.79 Å². The number of esters is 1. The molecule has 5 heteroatoms. The summed E-state index contributed by atoms with van der Waals surface area (Å²) in [6.45, 7) is 13.0. The summed E-state index contributed by atoms with van der Waals surface area (Å²) in [4.78, 5) is 27.9. The van der Waals surface area contributed by atoms with E-state index < -0.39 is 0 Å². The molecule has 0 bridgehead atoms. The van der Waals surface area contributed by atoms with Crippen LogP contribution in [-0.4, -0.2) is 23.5 Å². The van der Waals surface area contributed by atoms with Gasteiger partial charge in [-0.1, -0.05) is 57.2 Å². The van der Waals surface area contributed by atoms with E-state index in [1.165, 1.54) is 5.56 Å². The third kappa shape index (κ3) is 5.10. The molecule has 5 nitrogen and oxygen atoms in total. The first-order valence-corrected chi connectivity index (χ1v) is 11.0. The van der Waals surface area contributed by atoms with Crippen LogP contribution < -0.4 is 5.32 Å². The maximum atomic E-state index is 12.6. The number of carbonyl (C=O) groups is 2. The lowest BCUT2D eigenvalue weighted by Gasteiger charge is -2.19. The number of aryl methyl sites for hydroxylation is 1. The topological polar surface area (TPSA) is 71.2 Å². The molecule has 32 heavy (non-hydrogen) atoms. The summed E-state index contributed by atoms with van der Waals surface area (Å²) < 4.78 is 5.13. The van der Waals surface area contributed by atoms with Crippen LogP contribution in [0.1, 0.15) is 70.9 Å². The van der Waals surface area contributed by atoms with E-state index in [9.17, 15) is 9.59 Å². The Morgan fingerprint density at radius 3 is 2.16 bits per heavy atom. The van der Waals surface area contributed by atoms with Gasteiger partial charge in [0.15, 0.2) is 0 Å². The fraction of sp³-hybridized carbons (Fsp3) is 0.333. The number of aromatic nitrogens is 1. The summed E-state index contributed by atoms with van der Waals surface area (Å²) in [5.74, 6) is -0.475. The summed E-state index contributed by atoms with van der Waals surface area (Å²) in [6, 6.07) is 15.8. The van der Waals surface area contributed by atoms with E-state index in [1.807, 2.05) is 38.1 Å². The SMILES string of the molecule is CCOC(=O)c1[nH]c(C)c(-c2ccc(C(=O)NCc3ccc(C(C)(C)C)cc3)cc2)c1C. The second-order valence-electron chi connectivity index (χ2n) is 9.05. The smallest absolute Gasteiger partial charge is 0.355 e. The Bertz CT molecular complexity index is 1100. The van der Waals surface area contributed by atoms with E-state index in [0.717, 1.165) is 27.9 Å². The molecule has 3 aromatic rings. The molecule has 2 aromatic carbocycles. The quantitative estimate of drug-likeness (QED) is 0.491. The lowest BCUT2D eigenvalue weighted by Crippen LogP contribution is -2.22. The second kappa shape index (κ2) is 9.43. The first-order chi connectivity index (χ1) is 15.1. The number of rotatable bonds is 6. The van der Waals surface area contributed by atoms with Crippen LogP contribution in [0, 0.1) is 13.8 Å². The van der Waals surface area contributed by atoms with E-state index in [2.05, 4.69) is 55.3 Å². The lowest BCUT2D eigenvalue weighted by molar-refractivity contribution is 0.0519. The highest BCUT2D eigenvalue weighted by Gasteiger charge is 2.19. The van der Waals surface area contributed by atoms with Crippen LogP contribution in [0.3, 0.4) is 0 Å². The lowest BCUT2D eigenvalue weighted by atomic mass is 9.87. The fourth-order valence-electron chi connectivity index (χ4n) is 3.79.